The molecule has 7 nitrogen and oxygen atoms in total. The number of aromatic hydroxyl groups is 1. The summed E-state index contributed by atoms with van der Waals surface area (Å²) < 4.78 is 0. The molecule has 1 atom stereocenters. The number of carbonyl (C=O) groups is 3. The summed E-state index contributed by atoms with van der Waals surface area (Å²) in [4.78, 5) is 37.0. The van der Waals surface area contributed by atoms with Crippen molar-refractivity contribution < 1.29 is 19.5 Å². The van der Waals surface area contributed by atoms with Gasteiger partial charge in [0.05, 0.1) is 5.02 Å². The standard InChI is InChI=1S/C24H23Cl2N3O4/c1-14-10-18(28-23(32)9-4-15-2-6-17(25)7-3-15)12-22(31)19(14)13-27-29-24(33)16-5-8-21(30)20(26)11-16/h2-3,5-8,11-14,27,30H,4,9-10H2,1H3,(H,28,32)(H,29,33). The molecule has 0 bridgehead atoms. The van der Waals surface area contributed by atoms with Gasteiger partial charge in [0.1, 0.15) is 5.75 Å². The number of hydrogen-bond acceptors (Lipinski definition) is 5. The molecule has 0 heterocycles. The van der Waals surface area contributed by atoms with Crippen LogP contribution in [0.5, 0.6) is 5.75 Å². The third-order valence-corrected chi connectivity index (χ3v) is 5.68. The first kappa shape index (κ1) is 24.4. The van der Waals surface area contributed by atoms with Gasteiger partial charge >= 0.3 is 0 Å². The Bertz CT molecular complexity index is 1130. The van der Waals surface area contributed by atoms with Crippen LogP contribution >= 0.6 is 23.2 Å². The molecule has 0 saturated carbocycles. The van der Waals surface area contributed by atoms with Gasteiger partial charge in [-0.25, -0.2) is 0 Å². The van der Waals surface area contributed by atoms with Crippen LogP contribution in [0.1, 0.15) is 35.7 Å². The van der Waals surface area contributed by atoms with Crippen LogP contribution in [0.25, 0.3) is 0 Å². The maximum absolute atomic E-state index is 12.5. The number of phenolic OH excluding ortho intramolecular Hbond substituents is 1. The monoisotopic (exact) mass is 487 g/mol. The van der Waals surface area contributed by atoms with E-state index in [4.69, 9.17) is 23.2 Å². The van der Waals surface area contributed by atoms with Crippen molar-refractivity contribution in [3.63, 3.8) is 0 Å². The summed E-state index contributed by atoms with van der Waals surface area (Å²) in [6.07, 6.45) is 4.17. The summed E-state index contributed by atoms with van der Waals surface area (Å²) in [6.45, 7) is 1.86. The van der Waals surface area contributed by atoms with Gasteiger partial charge < -0.3 is 15.8 Å². The van der Waals surface area contributed by atoms with Gasteiger partial charge in [-0.05, 0) is 54.7 Å². The Morgan fingerprint density at radius 1 is 1.15 bits per heavy atom. The van der Waals surface area contributed by atoms with Gasteiger partial charge in [-0.2, -0.15) is 0 Å². The summed E-state index contributed by atoms with van der Waals surface area (Å²) in [5, 5.41) is 13.0. The van der Waals surface area contributed by atoms with Gasteiger partial charge in [0.2, 0.25) is 5.91 Å². The largest absolute Gasteiger partial charge is 0.506 e. The molecule has 1 unspecified atom stereocenters. The van der Waals surface area contributed by atoms with E-state index in [9.17, 15) is 19.5 Å². The third kappa shape index (κ3) is 6.84. The average molecular weight is 488 g/mol. The fraction of sp³-hybridized carbons (Fsp3) is 0.208. The Morgan fingerprint density at radius 2 is 1.88 bits per heavy atom. The van der Waals surface area contributed by atoms with Gasteiger partial charge in [0, 0.05) is 40.6 Å². The van der Waals surface area contributed by atoms with E-state index in [1.165, 1.54) is 30.5 Å². The van der Waals surface area contributed by atoms with Crippen molar-refractivity contribution in [3.05, 3.63) is 87.2 Å². The molecule has 0 saturated heterocycles. The lowest BCUT2D eigenvalue weighted by atomic mass is 9.88. The van der Waals surface area contributed by atoms with E-state index < -0.39 is 5.91 Å². The van der Waals surface area contributed by atoms with Crippen LogP contribution in [-0.2, 0) is 16.0 Å². The minimum atomic E-state index is -0.478. The number of phenols is 1. The molecule has 0 aromatic heterocycles. The van der Waals surface area contributed by atoms with Gasteiger partial charge in [-0.1, -0.05) is 42.3 Å². The first-order valence-corrected chi connectivity index (χ1v) is 11.0. The van der Waals surface area contributed by atoms with E-state index in [2.05, 4.69) is 16.2 Å². The predicted molar refractivity (Wildman–Crippen MR) is 127 cm³/mol. The Hall–Kier alpha value is -3.29. The lowest BCUT2D eigenvalue weighted by Gasteiger charge is -2.22. The molecule has 0 spiro atoms. The van der Waals surface area contributed by atoms with E-state index >= 15 is 0 Å². The minimum Gasteiger partial charge on any atom is -0.506 e. The zero-order valence-electron chi connectivity index (χ0n) is 17.8. The number of allylic oxidation sites excluding steroid dienone is 3. The highest BCUT2D eigenvalue weighted by atomic mass is 35.5. The lowest BCUT2D eigenvalue weighted by molar-refractivity contribution is -0.120. The Balaban J connectivity index is 1.52. The van der Waals surface area contributed by atoms with E-state index in [0.29, 0.717) is 35.6 Å². The van der Waals surface area contributed by atoms with Gasteiger partial charge in [-0.15, -0.1) is 0 Å². The molecular formula is C24H23Cl2N3O4. The van der Waals surface area contributed by atoms with Crippen LogP contribution in [0.3, 0.4) is 0 Å². The highest BCUT2D eigenvalue weighted by Crippen LogP contribution is 2.25. The number of aryl methyl sites for hydroxylation is 1. The summed E-state index contributed by atoms with van der Waals surface area (Å²) in [5.74, 6) is -1.18. The summed E-state index contributed by atoms with van der Waals surface area (Å²) in [7, 11) is 0. The lowest BCUT2D eigenvalue weighted by Crippen LogP contribution is -2.35. The van der Waals surface area contributed by atoms with E-state index in [0.717, 1.165) is 5.56 Å². The molecular weight excluding hydrogens is 465 g/mol. The van der Waals surface area contributed by atoms with Crippen molar-refractivity contribution in [3.8, 4) is 5.75 Å². The number of hydrazine groups is 1. The highest BCUT2D eigenvalue weighted by molar-refractivity contribution is 6.32. The second-order valence-electron chi connectivity index (χ2n) is 7.68. The second-order valence-corrected chi connectivity index (χ2v) is 8.52. The normalized spacial score (nSPS) is 16.8. The van der Waals surface area contributed by atoms with E-state index in [1.54, 1.807) is 12.1 Å². The number of nitrogens with one attached hydrogen (secondary N) is 3. The molecule has 1 aliphatic rings. The van der Waals surface area contributed by atoms with Crippen molar-refractivity contribution in [1.82, 2.24) is 16.2 Å². The first-order valence-electron chi connectivity index (χ1n) is 10.3. The molecule has 2 amide bonds. The number of amides is 2. The second kappa shape index (κ2) is 11.0. The van der Waals surface area contributed by atoms with Crippen LogP contribution in [0.15, 0.2) is 66.0 Å². The fourth-order valence-corrected chi connectivity index (χ4v) is 3.64. The average Bonchev–Trinajstić information content (AvgIpc) is 2.77. The molecule has 9 heteroatoms. The van der Waals surface area contributed by atoms with Crippen molar-refractivity contribution in [1.29, 1.82) is 0 Å². The first-order chi connectivity index (χ1) is 15.7. The highest BCUT2D eigenvalue weighted by Gasteiger charge is 2.24. The zero-order valence-corrected chi connectivity index (χ0v) is 19.3. The Labute approximate surface area is 201 Å². The molecule has 3 rings (SSSR count). The fourth-order valence-electron chi connectivity index (χ4n) is 3.33. The SMILES string of the molecule is CC1CC(NC(=O)CCc2ccc(Cl)cc2)=CC(=O)C1=CNNC(=O)c1ccc(O)c(Cl)c1. The number of benzene rings is 2. The van der Waals surface area contributed by atoms with Gasteiger partial charge in [-0.3, -0.25) is 19.8 Å². The van der Waals surface area contributed by atoms with Crippen molar-refractivity contribution >= 4 is 40.8 Å². The summed E-state index contributed by atoms with van der Waals surface area (Å²) >= 11 is 11.7. The molecule has 0 radical (unpaired) electrons. The van der Waals surface area contributed by atoms with E-state index in [1.807, 2.05) is 19.1 Å². The van der Waals surface area contributed by atoms with Crippen LogP contribution in [0, 0.1) is 5.92 Å². The van der Waals surface area contributed by atoms with Gasteiger partial charge in [0.15, 0.2) is 5.78 Å². The van der Waals surface area contributed by atoms with Gasteiger partial charge in [0.25, 0.3) is 5.91 Å². The Morgan fingerprint density at radius 3 is 2.55 bits per heavy atom. The molecule has 172 valence electrons. The van der Waals surface area contributed by atoms with Crippen molar-refractivity contribution in [2.45, 2.75) is 26.2 Å². The molecule has 33 heavy (non-hydrogen) atoms. The maximum Gasteiger partial charge on any atom is 0.269 e. The van der Waals surface area contributed by atoms with Crippen LogP contribution < -0.4 is 16.2 Å². The number of carbonyl (C=O) groups excluding carboxylic acids is 3. The molecule has 0 aliphatic heterocycles. The molecule has 4 N–H and O–H groups in total. The van der Waals surface area contributed by atoms with Crippen LogP contribution in [0.4, 0.5) is 0 Å². The van der Waals surface area contributed by atoms with Crippen LogP contribution in [0.2, 0.25) is 10.0 Å². The molecule has 1 aliphatic carbocycles. The molecule has 2 aromatic rings. The topological polar surface area (TPSA) is 108 Å². The minimum absolute atomic E-state index is 0.0602. The Kier molecular flexibility index (Phi) is 8.14. The molecule has 2 aromatic carbocycles. The maximum atomic E-state index is 12.5. The van der Waals surface area contributed by atoms with Crippen LogP contribution in [-0.4, -0.2) is 22.7 Å². The zero-order chi connectivity index (χ0) is 24.0. The number of rotatable bonds is 7. The molecule has 0 fully saturated rings. The predicted octanol–water partition coefficient (Wildman–Crippen LogP) is 4.06. The third-order valence-electron chi connectivity index (χ3n) is 5.12. The smallest absolute Gasteiger partial charge is 0.269 e. The number of hydrogen-bond donors (Lipinski definition) is 4. The summed E-state index contributed by atoms with van der Waals surface area (Å²) in [6, 6.07) is 11.4. The van der Waals surface area contributed by atoms with Crippen molar-refractivity contribution in [2.75, 3.05) is 0 Å². The summed E-state index contributed by atoms with van der Waals surface area (Å²) in [5.41, 5.74) is 7.37. The van der Waals surface area contributed by atoms with E-state index in [-0.39, 0.29) is 33.9 Å². The quantitative estimate of drug-likeness (QED) is 0.348. The number of ketones is 1. The van der Waals surface area contributed by atoms with Crippen molar-refractivity contribution in [2.24, 2.45) is 5.92 Å². The number of halogens is 2.